The summed E-state index contributed by atoms with van der Waals surface area (Å²) in [7, 11) is 2.13. The number of hydrogen-bond donors (Lipinski definition) is 1. The summed E-state index contributed by atoms with van der Waals surface area (Å²) in [5, 5.41) is 9.32. The highest BCUT2D eigenvalue weighted by Gasteiger charge is 2.22. The van der Waals surface area contributed by atoms with Crippen molar-refractivity contribution in [2.45, 2.75) is 31.8 Å². The Morgan fingerprint density at radius 1 is 1.44 bits per heavy atom. The molecular weight excluding hydrogens is 226 g/mol. The molecule has 0 spiro atoms. The first kappa shape index (κ1) is 13.4. The summed E-state index contributed by atoms with van der Waals surface area (Å²) in [5.74, 6) is 1.59. The molecule has 0 saturated carbocycles. The first-order valence-electron chi connectivity index (χ1n) is 6.75. The maximum Gasteiger partial charge on any atom is 0.122 e. The first-order valence-corrected chi connectivity index (χ1v) is 6.75. The van der Waals surface area contributed by atoms with Crippen molar-refractivity contribution in [1.29, 1.82) is 0 Å². The van der Waals surface area contributed by atoms with E-state index in [1.807, 2.05) is 13.0 Å². The molecule has 100 valence electrons. The van der Waals surface area contributed by atoms with Crippen LogP contribution in [0.15, 0.2) is 24.3 Å². The second-order valence-corrected chi connectivity index (χ2v) is 5.27. The zero-order valence-electron chi connectivity index (χ0n) is 11.3. The Morgan fingerprint density at radius 2 is 2.22 bits per heavy atom. The highest BCUT2D eigenvalue weighted by Crippen LogP contribution is 2.33. The number of rotatable bonds is 5. The quantitative estimate of drug-likeness (QED) is 0.869. The van der Waals surface area contributed by atoms with Gasteiger partial charge < -0.3 is 14.7 Å². The Balaban J connectivity index is 1.94. The smallest absolute Gasteiger partial charge is 0.122 e. The number of aliphatic hydroxyl groups is 1. The van der Waals surface area contributed by atoms with Gasteiger partial charge in [-0.1, -0.05) is 18.2 Å². The van der Waals surface area contributed by atoms with Crippen LogP contribution in [0, 0.1) is 0 Å². The van der Waals surface area contributed by atoms with E-state index in [9.17, 15) is 5.11 Å². The third kappa shape index (κ3) is 3.47. The molecule has 1 aromatic rings. The molecule has 2 atom stereocenters. The van der Waals surface area contributed by atoms with Gasteiger partial charge in [-0.15, -0.1) is 0 Å². The van der Waals surface area contributed by atoms with Gasteiger partial charge in [0.05, 0.1) is 12.7 Å². The predicted molar refractivity (Wildman–Crippen MR) is 73.1 cm³/mol. The molecule has 3 heteroatoms. The van der Waals surface area contributed by atoms with Crippen molar-refractivity contribution < 1.29 is 9.84 Å². The molecule has 1 aromatic carbocycles. The van der Waals surface area contributed by atoms with Crippen LogP contribution in [0.2, 0.25) is 0 Å². The Hall–Kier alpha value is -1.06. The Morgan fingerprint density at radius 3 is 3.00 bits per heavy atom. The maximum atomic E-state index is 9.32. The van der Waals surface area contributed by atoms with Crippen molar-refractivity contribution in [3.8, 4) is 5.75 Å². The lowest BCUT2D eigenvalue weighted by Gasteiger charge is -2.29. The van der Waals surface area contributed by atoms with E-state index < -0.39 is 0 Å². The van der Waals surface area contributed by atoms with E-state index in [1.54, 1.807) is 0 Å². The summed E-state index contributed by atoms with van der Waals surface area (Å²) in [6.45, 7) is 4.63. The van der Waals surface area contributed by atoms with Crippen LogP contribution < -0.4 is 4.74 Å². The monoisotopic (exact) mass is 249 g/mol. The minimum atomic E-state index is -0.213. The van der Waals surface area contributed by atoms with Crippen LogP contribution in [0.3, 0.4) is 0 Å². The van der Waals surface area contributed by atoms with Crippen molar-refractivity contribution in [1.82, 2.24) is 4.90 Å². The number of likely N-dealkylation sites (N-methyl/N-ethyl adjacent to an activating group) is 1. The molecule has 1 N–H and O–H groups in total. The second-order valence-electron chi connectivity index (χ2n) is 5.27. The zero-order valence-corrected chi connectivity index (χ0v) is 11.3. The molecule has 3 nitrogen and oxygen atoms in total. The van der Waals surface area contributed by atoms with E-state index in [4.69, 9.17) is 4.74 Å². The predicted octanol–water partition coefficient (Wildman–Crippen LogP) is 2.26. The van der Waals surface area contributed by atoms with Gasteiger partial charge in [0, 0.05) is 19.0 Å². The van der Waals surface area contributed by atoms with E-state index in [2.05, 4.69) is 30.1 Å². The number of nitrogens with zero attached hydrogens (tertiary/aromatic N) is 1. The zero-order chi connectivity index (χ0) is 13.0. The van der Waals surface area contributed by atoms with Gasteiger partial charge in [0.1, 0.15) is 5.75 Å². The Labute approximate surface area is 109 Å². The fourth-order valence-corrected chi connectivity index (χ4v) is 2.48. The van der Waals surface area contributed by atoms with E-state index in [1.165, 1.54) is 5.56 Å². The third-order valence-electron chi connectivity index (χ3n) is 3.54. The van der Waals surface area contributed by atoms with Crippen LogP contribution in [0.1, 0.15) is 31.2 Å². The number of para-hydroxylation sites is 1. The molecule has 0 fully saturated rings. The van der Waals surface area contributed by atoms with Gasteiger partial charge in [-0.25, -0.2) is 0 Å². The molecule has 2 unspecified atom stereocenters. The highest BCUT2D eigenvalue weighted by molar-refractivity contribution is 5.37. The van der Waals surface area contributed by atoms with Gasteiger partial charge in [0.25, 0.3) is 0 Å². The highest BCUT2D eigenvalue weighted by atomic mass is 16.5. The van der Waals surface area contributed by atoms with Gasteiger partial charge in [0.2, 0.25) is 0 Å². The van der Waals surface area contributed by atoms with Crippen LogP contribution in [-0.4, -0.2) is 42.9 Å². The molecule has 0 radical (unpaired) electrons. The van der Waals surface area contributed by atoms with E-state index in [0.29, 0.717) is 5.92 Å². The molecule has 0 aromatic heterocycles. The lowest BCUT2D eigenvalue weighted by molar-refractivity contribution is 0.158. The molecule has 1 aliphatic rings. The van der Waals surface area contributed by atoms with Crippen molar-refractivity contribution in [2.75, 3.05) is 26.7 Å². The maximum absolute atomic E-state index is 9.32. The van der Waals surface area contributed by atoms with Crippen molar-refractivity contribution in [3.05, 3.63) is 29.8 Å². The van der Waals surface area contributed by atoms with E-state index >= 15 is 0 Å². The lowest BCUT2D eigenvalue weighted by atomic mass is 9.92. The van der Waals surface area contributed by atoms with E-state index in [0.717, 1.165) is 38.3 Å². The first-order chi connectivity index (χ1) is 8.66. The summed E-state index contributed by atoms with van der Waals surface area (Å²) in [6, 6.07) is 8.33. The van der Waals surface area contributed by atoms with Crippen LogP contribution in [0.25, 0.3) is 0 Å². The molecule has 18 heavy (non-hydrogen) atoms. The summed E-state index contributed by atoms with van der Waals surface area (Å²) < 4.78 is 5.67. The summed E-state index contributed by atoms with van der Waals surface area (Å²) in [6.07, 6.45) is 1.70. The van der Waals surface area contributed by atoms with Gasteiger partial charge in [-0.05, 0) is 38.4 Å². The molecule has 0 amide bonds. The van der Waals surface area contributed by atoms with E-state index in [-0.39, 0.29) is 6.10 Å². The molecule has 0 saturated heterocycles. The number of benzene rings is 1. The van der Waals surface area contributed by atoms with Gasteiger partial charge in [0.15, 0.2) is 0 Å². The molecule has 0 bridgehead atoms. The fraction of sp³-hybridized carbons (Fsp3) is 0.600. The number of ether oxygens (including phenoxy) is 1. The lowest BCUT2D eigenvalue weighted by Crippen LogP contribution is -2.29. The molecule has 2 rings (SSSR count). The summed E-state index contributed by atoms with van der Waals surface area (Å²) in [4.78, 5) is 2.31. The SMILES string of the molecule is CC(O)CCN(C)CC1CCOc2ccccc21. The Bertz CT molecular complexity index is 379. The summed E-state index contributed by atoms with van der Waals surface area (Å²) >= 11 is 0. The minimum absolute atomic E-state index is 0.213. The van der Waals surface area contributed by atoms with Gasteiger partial charge in [-0.3, -0.25) is 0 Å². The van der Waals surface area contributed by atoms with Gasteiger partial charge in [-0.2, -0.15) is 0 Å². The molecule has 0 aliphatic carbocycles. The third-order valence-corrected chi connectivity index (χ3v) is 3.54. The fourth-order valence-electron chi connectivity index (χ4n) is 2.48. The second kappa shape index (κ2) is 6.21. The number of aliphatic hydroxyl groups excluding tert-OH is 1. The normalized spacial score (nSPS) is 20.3. The van der Waals surface area contributed by atoms with Crippen LogP contribution in [0.5, 0.6) is 5.75 Å². The average Bonchev–Trinajstić information content (AvgIpc) is 2.37. The molecule has 1 heterocycles. The van der Waals surface area contributed by atoms with Gasteiger partial charge >= 0.3 is 0 Å². The largest absolute Gasteiger partial charge is 0.493 e. The minimum Gasteiger partial charge on any atom is -0.493 e. The molecule has 1 aliphatic heterocycles. The number of fused-ring (bicyclic) bond motifs is 1. The number of hydrogen-bond acceptors (Lipinski definition) is 3. The standard InChI is InChI=1S/C15H23NO2/c1-12(17)7-9-16(2)11-13-8-10-18-15-6-4-3-5-14(13)15/h3-6,12-13,17H,7-11H2,1-2H3. The van der Waals surface area contributed by atoms with Crippen LogP contribution >= 0.6 is 0 Å². The summed E-state index contributed by atoms with van der Waals surface area (Å²) in [5.41, 5.74) is 1.33. The van der Waals surface area contributed by atoms with Crippen LogP contribution in [-0.2, 0) is 0 Å². The van der Waals surface area contributed by atoms with Crippen molar-refractivity contribution in [2.24, 2.45) is 0 Å². The molecular formula is C15H23NO2. The average molecular weight is 249 g/mol. The van der Waals surface area contributed by atoms with Crippen molar-refractivity contribution in [3.63, 3.8) is 0 Å². The Kier molecular flexibility index (Phi) is 4.61. The topological polar surface area (TPSA) is 32.7 Å². The van der Waals surface area contributed by atoms with Crippen molar-refractivity contribution >= 4 is 0 Å². The van der Waals surface area contributed by atoms with Crippen LogP contribution in [0.4, 0.5) is 0 Å².